The molecular formula is C50H36N6. The van der Waals surface area contributed by atoms with Crippen LogP contribution in [-0.2, 0) is 0 Å². The molecule has 0 saturated carbocycles. The van der Waals surface area contributed by atoms with Crippen LogP contribution in [0.2, 0.25) is 0 Å². The fourth-order valence-electron chi connectivity index (χ4n) is 6.95. The van der Waals surface area contributed by atoms with Gasteiger partial charge in [-0.15, -0.1) is 0 Å². The molecule has 0 fully saturated rings. The third-order valence-electron chi connectivity index (χ3n) is 10.1. The monoisotopic (exact) mass is 720 g/mol. The van der Waals surface area contributed by atoms with Gasteiger partial charge in [-0.1, -0.05) is 84.9 Å². The minimum absolute atomic E-state index is 0.806. The van der Waals surface area contributed by atoms with E-state index in [1.165, 1.54) is 22.3 Å². The van der Waals surface area contributed by atoms with Crippen LogP contribution in [0.5, 0.6) is 0 Å². The Morgan fingerprint density at radius 1 is 0.268 bits per heavy atom. The summed E-state index contributed by atoms with van der Waals surface area (Å²) in [6, 6.07) is 54.2. The standard InChI is InChI=1S/C50H36N6/c1-33-27-41(37-19-15-35(16-20-37)39-29-47(43-11-3-7-23-51-43)55-48(30-39)44-12-4-8-24-52-44)42(28-34(33)2)38-21-17-36(18-22-38)40-31-49(45-13-5-9-25-53-45)56-50(32-40)46-14-6-10-26-54-46/h3-32H,1-2H3. The molecule has 6 aromatic heterocycles. The Hall–Kier alpha value is -7.44. The van der Waals surface area contributed by atoms with E-state index in [1.807, 2.05) is 72.8 Å². The molecule has 6 nitrogen and oxygen atoms in total. The van der Waals surface area contributed by atoms with Gasteiger partial charge >= 0.3 is 0 Å². The molecule has 6 heterocycles. The van der Waals surface area contributed by atoms with Crippen LogP contribution in [0.15, 0.2) is 183 Å². The smallest absolute Gasteiger partial charge is 0.0900 e. The minimum atomic E-state index is 0.806. The first-order chi connectivity index (χ1) is 27.6. The molecular weight excluding hydrogens is 685 g/mol. The van der Waals surface area contributed by atoms with Crippen molar-refractivity contribution in [2.75, 3.05) is 0 Å². The number of aromatic nitrogens is 6. The Bertz CT molecular complexity index is 2460. The van der Waals surface area contributed by atoms with Gasteiger partial charge in [0.25, 0.3) is 0 Å². The zero-order valence-corrected chi connectivity index (χ0v) is 31.0. The van der Waals surface area contributed by atoms with Gasteiger partial charge in [0.1, 0.15) is 0 Å². The van der Waals surface area contributed by atoms with Crippen molar-refractivity contribution < 1.29 is 0 Å². The van der Waals surface area contributed by atoms with Gasteiger partial charge in [-0.25, -0.2) is 9.97 Å². The molecule has 9 aromatic rings. The fourth-order valence-corrected chi connectivity index (χ4v) is 6.95. The van der Waals surface area contributed by atoms with Gasteiger partial charge in [-0.05, 0) is 142 Å². The third-order valence-corrected chi connectivity index (χ3v) is 10.1. The van der Waals surface area contributed by atoms with Gasteiger partial charge in [-0.3, -0.25) is 19.9 Å². The van der Waals surface area contributed by atoms with E-state index in [0.717, 1.165) is 78.9 Å². The highest BCUT2D eigenvalue weighted by Crippen LogP contribution is 2.38. The van der Waals surface area contributed by atoms with Gasteiger partial charge in [0.05, 0.1) is 45.6 Å². The molecule has 56 heavy (non-hydrogen) atoms. The van der Waals surface area contributed by atoms with E-state index in [0.29, 0.717) is 0 Å². The molecule has 0 atom stereocenters. The summed E-state index contributed by atoms with van der Waals surface area (Å²) in [5.74, 6) is 0. The average Bonchev–Trinajstić information content (AvgIpc) is 3.28. The first kappa shape index (κ1) is 34.3. The van der Waals surface area contributed by atoms with Crippen molar-refractivity contribution in [1.82, 2.24) is 29.9 Å². The molecule has 0 N–H and O–H groups in total. The average molecular weight is 721 g/mol. The predicted octanol–water partition coefficient (Wildman–Crippen LogP) is 12.0. The second-order valence-electron chi connectivity index (χ2n) is 13.7. The number of hydrogen-bond donors (Lipinski definition) is 0. The first-order valence-corrected chi connectivity index (χ1v) is 18.6. The van der Waals surface area contributed by atoms with Crippen molar-refractivity contribution in [1.29, 1.82) is 0 Å². The van der Waals surface area contributed by atoms with Crippen LogP contribution in [0.1, 0.15) is 11.1 Å². The molecule has 0 spiro atoms. The lowest BCUT2D eigenvalue weighted by molar-refractivity contribution is 1.22. The summed E-state index contributed by atoms with van der Waals surface area (Å²) >= 11 is 0. The highest BCUT2D eigenvalue weighted by Gasteiger charge is 2.15. The van der Waals surface area contributed by atoms with Crippen LogP contribution in [0.4, 0.5) is 0 Å². The summed E-state index contributed by atoms with van der Waals surface area (Å²) in [6.07, 6.45) is 7.19. The zero-order chi connectivity index (χ0) is 37.8. The maximum absolute atomic E-state index is 4.96. The molecule has 0 aliphatic carbocycles. The number of aryl methyl sites for hydroxylation is 2. The summed E-state index contributed by atoms with van der Waals surface area (Å²) in [5, 5.41) is 0. The van der Waals surface area contributed by atoms with Crippen molar-refractivity contribution in [2.24, 2.45) is 0 Å². The molecule has 6 heteroatoms. The largest absolute Gasteiger partial charge is 0.255 e. The normalized spacial score (nSPS) is 11.0. The molecule has 0 aliphatic rings. The minimum Gasteiger partial charge on any atom is -0.255 e. The molecule has 3 aromatic carbocycles. The summed E-state index contributed by atoms with van der Waals surface area (Å²) < 4.78 is 0. The maximum atomic E-state index is 4.96. The van der Waals surface area contributed by atoms with E-state index < -0.39 is 0 Å². The number of benzene rings is 3. The Balaban J connectivity index is 1.07. The van der Waals surface area contributed by atoms with Gasteiger partial charge in [0, 0.05) is 24.8 Å². The zero-order valence-electron chi connectivity index (χ0n) is 31.0. The van der Waals surface area contributed by atoms with Crippen LogP contribution in [0.3, 0.4) is 0 Å². The van der Waals surface area contributed by atoms with Crippen molar-refractivity contribution in [3.05, 3.63) is 194 Å². The molecule has 9 rings (SSSR count). The highest BCUT2D eigenvalue weighted by atomic mass is 14.8. The van der Waals surface area contributed by atoms with E-state index in [9.17, 15) is 0 Å². The fraction of sp³-hybridized carbons (Fsp3) is 0.0400. The lowest BCUT2D eigenvalue weighted by Gasteiger charge is -2.16. The second kappa shape index (κ2) is 15.1. The van der Waals surface area contributed by atoms with Gasteiger partial charge in [-0.2, -0.15) is 0 Å². The van der Waals surface area contributed by atoms with Crippen LogP contribution in [-0.4, -0.2) is 29.9 Å². The van der Waals surface area contributed by atoms with Crippen LogP contribution < -0.4 is 0 Å². The Morgan fingerprint density at radius 2 is 0.554 bits per heavy atom. The number of hydrogen-bond acceptors (Lipinski definition) is 6. The first-order valence-electron chi connectivity index (χ1n) is 18.6. The SMILES string of the molecule is Cc1cc(-c2ccc(-c3cc(-c4ccccn4)nc(-c4ccccn4)c3)cc2)c(-c2ccc(-c3cc(-c4ccccn4)nc(-c4ccccn4)c3)cc2)cc1C. The molecule has 0 radical (unpaired) electrons. The molecule has 0 saturated heterocycles. The maximum Gasteiger partial charge on any atom is 0.0900 e. The third kappa shape index (κ3) is 7.11. The number of rotatable bonds is 8. The molecule has 0 unspecified atom stereocenters. The lowest BCUT2D eigenvalue weighted by Crippen LogP contribution is -1.94. The molecule has 0 bridgehead atoms. The van der Waals surface area contributed by atoms with E-state index in [1.54, 1.807) is 24.8 Å². The Morgan fingerprint density at radius 3 is 0.821 bits per heavy atom. The summed E-state index contributed by atoms with van der Waals surface area (Å²) in [5.41, 5.74) is 18.0. The topological polar surface area (TPSA) is 77.3 Å². The molecule has 0 amide bonds. The van der Waals surface area contributed by atoms with Crippen LogP contribution in [0.25, 0.3) is 90.1 Å². The predicted molar refractivity (Wildman–Crippen MR) is 226 cm³/mol. The molecule has 266 valence electrons. The van der Waals surface area contributed by atoms with E-state index in [4.69, 9.17) is 9.97 Å². The van der Waals surface area contributed by atoms with Crippen molar-refractivity contribution in [3.8, 4) is 90.1 Å². The second-order valence-corrected chi connectivity index (χ2v) is 13.7. The van der Waals surface area contributed by atoms with E-state index in [-0.39, 0.29) is 0 Å². The van der Waals surface area contributed by atoms with Gasteiger partial charge in [0.15, 0.2) is 0 Å². The number of pyridine rings is 6. The summed E-state index contributed by atoms with van der Waals surface area (Å²) in [4.78, 5) is 28.3. The summed E-state index contributed by atoms with van der Waals surface area (Å²) in [7, 11) is 0. The van der Waals surface area contributed by atoms with E-state index in [2.05, 4.69) is 119 Å². The van der Waals surface area contributed by atoms with Gasteiger partial charge in [0.2, 0.25) is 0 Å². The van der Waals surface area contributed by atoms with Crippen molar-refractivity contribution in [2.45, 2.75) is 13.8 Å². The Labute approximate surface area is 326 Å². The quantitative estimate of drug-likeness (QED) is 0.155. The van der Waals surface area contributed by atoms with Crippen molar-refractivity contribution in [3.63, 3.8) is 0 Å². The van der Waals surface area contributed by atoms with E-state index >= 15 is 0 Å². The van der Waals surface area contributed by atoms with Crippen LogP contribution in [0, 0.1) is 13.8 Å². The lowest BCUT2D eigenvalue weighted by atomic mass is 9.89. The highest BCUT2D eigenvalue weighted by molar-refractivity contribution is 5.87. The summed E-state index contributed by atoms with van der Waals surface area (Å²) in [6.45, 7) is 4.36. The Kier molecular flexibility index (Phi) is 9.27. The van der Waals surface area contributed by atoms with Crippen molar-refractivity contribution >= 4 is 0 Å². The van der Waals surface area contributed by atoms with Crippen LogP contribution >= 0.6 is 0 Å². The molecule has 0 aliphatic heterocycles. The van der Waals surface area contributed by atoms with Gasteiger partial charge < -0.3 is 0 Å². The number of nitrogens with zero attached hydrogens (tertiary/aromatic N) is 6.